The Labute approximate surface area is 432 Å². The summed E-state index contributed by atoms with van der Waals surface area (Å²) in [6, 6.07) is 29.7. The molecule has 0 amide bonds. The number of ether oxygens (including phenoxy) is 2. The number of rotatable bonds is 26. The van der Waals surface area contributed by atoms with Crippen molar-refractivity contribution in [2.24, 2.45) is 23.7 Å². The van der Waals surface area contributed by atoms with E-state index in [1.165, 1.54) is 36.4 Å². The zero-order valence-corrected chi connectivity index (χ0v) is 43.5. The van der Waals surface area contributed by atoms with Crippen molar-refractivity contribution in [1.82, 2.24) is 5.32 Å². The molecular formula is C53H63B2Cl2F4NO9S. The molecule has 5 aromatic carbocycles. The molecule has 5 aromatic rings. The highest BCUT2D eigenvalue weighted by atomic mass is 35.5. The zero-order valence-electron chi connectivity index (χ0n) is 41.1. The van der Waals surface area contributed by atoms with Gasteiger partial charge in [0.05, 0.1) is 43.1 Å². The minimum atomic E-state index is -4.07. The van der Waals surface area contributed by atoms with Crippen molar-refractivity contribution in [3.8, 4) is 22.3 Å². The number of carbonyl (C=O) groups excluding carboxylic acids is 2. The molecule has 3 N–H and O–H groups in total. The van der Waals surface area contributed by atoms with Crippen molar-refractivity contribution in [2.45, 2.75) is 84.1 Å². The van der Waals surface area contributed by atoms with Gasteiger partial charge in [-0.25, -0.2) is 17.6 Å². The Kier molecular flexibility index (Phi) is 24.8. The van der Waals surface area contributed by atoms with E-state index < -0.39 is 60.7 Å². The van der Waals surface area contributed by atoms with Crippen LogP contribution >= 0.6 is 23.2 Å². The average Bonchev–Trinajstić information content (AvgIpc) is 3.32. The smallest absolute Gasteiger partial charge is 0.311 e. The Morgan fingerprint density at radius 3 is 1.50 bits per heavy atom. The molecule has 0 spiro atoms. The van der Waals surface area contributed by atoms with Crippen molar-refractivity contribution in [3.63, 3.8) is 0 Å². The third kappa shape index (κ3) is 20.3. The summed E-state index contributed by atoms with van der Waals surface area (Å²) in [6.45, 7) is 6.86. The Morgan fingerprint density at radius 2 is 1.08 bits per heavy atom. The minimum absolute atomic E-state index is 0.00692. The van der Waals surface area contributed by atoms with Gasteiger partial charge in [-0.3, -0.25) is 13.8 Å². The summed E-state index contributed by atoms with van der Waals surface area (Å²) in [5.41, 5.74) is 4.94. The fourth-order valence-electron chi connectivity index (χ4n) is 8.37. The topological polar surface area (TPSA) is 148 Å². The molecule has 5 rings (SSSR count). The number of carbonyl (C=O) groups is 2. The van der Waals surface area contributed by atoms with Crippen LogP contribution in [0, 0.1) is 42.2 Å². The van der Waals surface area contributed by atoms with E-state index in [0.717, 1.165) is 16.7 Å². The molecule has 4 atom stereocenters. The minimum Gasteiger partial charge on any atom is -0.466 e. The third-order valence-corrected chi connectivity index (χ3v) is 13.4. The number of esters is 2. The number of benzene rings is 5. The lowest BCUT2D eigenvalue weighted by Crippen LogP contribution is -2.34. The van der Waals surface area contributed by atoms with Gasteiger partial charge in [0.25, 0.3) is 30.4 Å². The first-order valence-electron chi connectivity index (χ1n) is 23.9. The summed E-state index contributed by atoms with van der Waals surface area (Å²) in [6.07, 6.45) is 0.00462. The molecule has 0 aliphatic rings. The zero-order chi connectivity index (χ0) is 53.0. The van der Waals surface area contributed by atoms with Gasteiger partial charge in [-0.05, 0) is 142 Å². The number of alkyl halides is 2. The van der Waals surface area contributed by atoms with Crippen LogP contribution in [0.1, 0.15) is 43.4 Å². The molecule has 19 heteroatoms. The second-order valence-corrected chi connectivity index (χ2v) is 20.4. The van der Waals surface area contributed by atoms with E-state index in [-0.39, 0.29) is 61.2 Å². The monoisotopic (exact) mass is 1060 g/mol. The summed E-state index contributed by atoms with van der Waals surface area (Å²) in [5.74, 6) is -3.47. The van der Waals surface area contributed by atoms with E-state index in [1.807, 2.05) is 31.2 Å². The van der Waals surface area contributed by atoms with Gasteiger partial charge in [-0.1, -0.05) is 103 Å². The molecule has 0 saturated carbocycles. The highest BCUT2D eigenvalue weighted by molar-refractivity contribution is 7.86. The first-order valence-corrected chi connectivity index (χ1v) is 26.1. The van der Waals surface area contributed by atoms with E-state index >= 15 is 0 Å². The highest BCUT2D eigenvalue weighted by Gasteiger charge is 2.30. The lowest BCUT2D eigenvalue weighted by atomic mass is 9.62. The molecule has 0 bridgehead atoms. The molecule has 0 fully saturated rings. The first-order chi connectivity index (χ1) is 34.2. The second-order valence-electron chi connectivity index (χ2n) is 17.9. The van der Waals surface area contributed by atoms with Crippen LogP contribution in [0.3, 0.4) is 0 Å². The number of nitrogens with one attached hydrogen (secondary N) is 1. The van der Waals surface area contributed by atoms with E-state index in [4.69, 9.17) is 36.9 Å². The SMILES string of the molecule is CCOC(=O)[C@H](CNCC(F)F)C[C@H](CB(C)O)Cc1ccc(-c2cc(Cl)ccc2F)cc1.CCOC(=O)[C@H](COS(=O)(=O)c1ccc(C)cc1)C[C@H](CB(C)O)Cc1ccc(-c2cc(Cl)ccc2F)cc1. The molecule has 0 unspecified atom stereocenters. The molecular weight excluding hydrogens is 995 g/mol. The van der Waals surface area contributed by atoms with Gasteiger partial charge in [-0.2, -0.15) is 8.42 Å². The van der Waals surface area contributed by atoms with Gasteiger partial charge >= 0.3 is 11.9 Å². The highest BCUT2D eigenvalue weighted by Crippen LogP contribution is 2.31. The first kappa shape index (κ1) is 59.8. The molecule has 388 valence electrons. The summed E-state index contributed by atoms with van der Waals surface area (Å²) in [7, 11) is -4.07. The maximum Gasteiger partial charge on any atom is 0.311 e. The van der Waals surface area contributed by atoms with Gasteiger partial charge in [0.1, 0.15) is 11.6 Å². The Balaban J connectivity index is 0.000000317. The van der Waals surface area contributed by atoms with Crippen LogP contribution in [-0.4, -0.2) is 83.6 Å². The standard InChI is InChI=1S/C29H33BClFO6S.C24H30BClF3NO3/c1-4-37-29(33)24(19-38-39(35,36)26-12-5-20(2)6-13-26)16-22(18-30(3)34)15-21-7-9-23(10-8-21)27-17-25(31)11-14-28(27)32;1-3-33-24(31)19(14-30-15-23(28)29)11-17(13-25(2)32)10-16-4-6-18(7-5-16)21-12-20(26)8-9-22(21)27/h5-14,17,22,24,34H,4,15-16,18-19H2,1-3H3;4-9,12,17,19,23,30,32H,3,10-11,13-15H2,1-2H3/t22-,24+;17-,19+/m11/s1. The van der Waals surface area contributed by atoms with Crippen molar-refractivity contribution in [2.75, 3.05) is 32.9 Å². The summed E-state index contributed by atoms with van der Waals surface area (Å²) < 4.78 is 94.6. The van der Waals surface area contributed by atoms with Crippen LogP contribution in [0.5, 0.6) is 0 Å². The van der Waals surface area contributed by atoms with Crippen LogP contribution in [0.15, 0.2) is 114 Å². The molecule has 72 heavy (non-hydrogen) atoms. The van der Waals surface area contributed by atoms with Gasteiger partial charge in [-0.15, -0.1) is 0 Å². The predicted octanol–water partition coefficient (Wildman–Crippen LogP) is 11.5. The number of aryl methyl sites for hydroxylation is 1. The Hall–Kier alpha value is -4.74. The molecule has 0 aliphatic heterocycles. The van der Waals surface area contributed by atoms with E-state index in [2.05, 4.69) is 5.32 Å². The number of hydrogen-bond donors (Lipinski definition) is 3. The molecule has 0 heterocycles. The largest absolute Gasteiger partial charge is 0.466 e. The van der Waals surface area contributed by atoms with Gasteiger partial charge in [0.15, 0.2) is 0 Å². The normalized spacial score (nSPS) is 13.1. The maximum absolute atomic E-state index is 14.3. The second kappa shape index (κ2) is 29.8. The van der Waals surface area contributed by atoms with Gasteiger partial charge in [0.2, 0.25) is 0 Å². The van der Waals surface area contributed by atoms with Gasteiger partial charge in [0, 0.05) is 27.7 Å². The quantitative estimate of drug-likeness (QED) is 0.0211. The Morgan fingerprint density at radius 1 is 0.653 bits per heavy atom. The molecule has 10 nitrogen and oxygen atoms in total. The Bertz CT molecular complexity index is 2580. The van der Waals surface area contributed by atoms with E-state index in [0.29, 0.717) is 64.2 Å². The van der Waals surface area contributed by atoms with Crippen molar-refractivity contribution in [1.29, 1.82) is 0 Å². The summed E-state index contributed by atoms with van der Waals surface area (Å²) in [5, 5.41) is 23.6. The van der Waals surface area contributed by atoms with Gasteiger partial charge < -0.3 is 24.8 Å². The van der Waals surface area contributed by atoms with E-state index in [1.54, 1.807) is 76.0 Å². The molecule has 0 radical (unpaired) electrons. The fourth-order valence-corrected chi connectivity index (χ4v) is 9.66. The van der Waals surface area contributed by atoms with Crippen LogP contribution < -0.4 is 5.32 Å². The van der Waals surface area contributed by atoms with Crippen LogP contribution in [0.2, 0.25) is 36.3 Å². The van der Waals surface area contributed by atoms with Crippen molar-refractivity contribution >= 4 is 59.1 Å². The van der Waals surface area contributed by atoms with E-state index in [9.17, 15) is 45.6 Å². The average molecular weight is 1060 g/mol. The lowest BCUT2D eigenvalue weighted by Gasteiger charge is -2.23. The predicted molar refractivity (Wildman–Crippen MR) is 278 cm³/mol. The maximum atomic E-state index is 14.3. The summed E-state index contributed by atoms with van der Waals surface area (Å²) >= 11 is 12.0. The fraction of sp³-hybridized carbons (Fsp3) is 0.396. The van der Waals surface area contributed by atoms with Crippen LogP contribution in [0.4, 0.5) is 17.6 Å². The van der Waals surface area contributed by atoms with Crippen LogP contribution in [-0.2, 0) is 46.2 Å². The number of hydrogen-bond acceptors (Lipinski definition) is 10. The lowest BCUT2D eigenvalue weighted by molar-refractivity contribution is -0.150. The third-order valence-electron chi connectivity index (χ3n) is 11.7. The molecule has 0 aliphatic carbocycles. The van der Waals surface area contributed by atoms with Crippen molar-refractivity contribution < 1.29 is 59.3 Å². The number of halogens is 6. The summed E-state index contributed by atoms with van der Waals surface area (Å²) in [4.78, 5) is 25.2. The van der Waals surface area contributed by atoms with Crippen LogP contribution in [0.25, 0.3) is 22.3 Å². The van der Waals surface area contributed by atoms with Crippen molar-refractivity contribution in [3.05, 3.63) is 148 Å². The molecule has 0 saturated heterocycles. The molecule has 0 aromatic heterocycles.